The lowest BCUT2D eigenvalue weighted by Crippen LogP contribution is -2.52. The number of esters is 1. The van der Waals surface area contributed by atoms with Gasteiger partial charge in [-0.3, -0.25) is 4.18 Å². The van der Waals surface area contributed by atoms with Crippen LogP contribution in [0, 0.1) is 0 Å². The summed E-state index contributed by atoms with van der Waals surface area (Å²) >= 11 is 0. The van der Waals surface area contributed by atoms with E-state index >= 15 is 0 Å². The maximum absolute atomic E-state index is 12.4. The first-order chi connectivity index (χ1) is 18.6. The van der Waals surface area contributed by atoms with Crippen LogP contribution in [0.15, 0.2) is 47.6 Å². The van der Waals surface area contributed by atoms with Crippen LogP contribution in [0.25, 0.3) is 10.4 Å². The zero-order chi connectivity index (χ0) is 30.4. The zero-order valence-corrected chi connectivity index (χ0v) is 26.4. The second kappa shape index (κ2) is 16.8. The molecule has 0 heterocycles. The van der Waals surface area contributed by atoms with Crippen molar-refractivity contribution < 1.29 is 40.8 Å². The van der Waals surface area contributed by atoms with Gasteiger partial charge in [0.1, 0.15) is 25.1 Å². The average molecular weight is 602 g/mol. The Balaban J connectivity index is 3.63. The molecule has 0 aliphatic rings. The molecule has 0 aliphatic heterocycles. The molecule has 14 heteroatoms. The molecule has 1 aromatic carbocycles. The molecule has 0 saturated carbocycles. The van der Waals surface area contributed by atoms with Crippen molar-refractivity contribution >= 4 is 24.4 Å². The second-order valence-corrected chi connectivity index (χ2v) is 16.9. The van der Waals surface area contributed by atoms with E-state index in [-0.39, 0.29) is 31.7 Å². The Morgan fingerprint density at radius 1 is 1.15 bits per heavy atom. The summed E-state index contributed by atoms with van der Waals surface area (Å²) in [6.07, 6.45) is -0.168. The minimum absolute atomic E-state index is 0.0483. The van der Waals surface area contributed by atoms with Gasteiger partial charge >= 0.3 is 5.97 Å². The molecule has 0 N–H and O–H groups in total. The van der Waals surface area contributed by atoms with Crippen LogP contribution in [0.4, 0.5) is 0 Å². The third-order valence-electron chi connectivity index (χ3n) is 6.30. The van der Waals surface area contributed by atoms with Crippen molar-refractivity contribution in [2.45, 2.75) is 76.8 Å². The maximum Gasteiger partial charge on any atom is 0.330 e. The zero-order valence-electron chi connectivity index (χ0n) is 24.6. The predicted molar refractivity (Wildman–Crippen MR) is 153 cm³/mol. The van der Waals surface area contributed by atoms with Crippen LogP contribution in [0.1, 0.15) is 33.3 Å². The summed E-state index contributed by atoms with van der Waals surface area (Å²) < 4.78 is 58.9. The van der Waals surface area contributed by atoms with Gasteiger partial charge in [0.15, 0.2) is 8.32 Å². The first kappa shape index (κ1) is 35.7. The molecule has 40 heavy (non-hydrogen) atoms. The van der Waals surface area contributed by atoms with Crippen molar-refractivity contribution in [3.05, 3.63) is 58.5 Å². The standard InChI is InChI=1S/C26H43N3O9SSi/c1-9-34-23(30)16-15-21(28-29-27)24(36-19-33-5)25(35-17-20-13-11-10-12-14-20)22(38-39(6,31)32)18-37-40(7,8)26(2,3)4/h10-16,21-22,24-25H,9,17-19H2,1-8H3/b16-15+/t21-,22+,24+,25-/m1/s1. The summed E-state index contributed by atoms with van der Waals surface area (Å²) in [7, 11) is -4.98. The third kappa shape index (κ3) is 12.9. The van der Waals surface area contributed by atoms with Crippen LogP contribution in [0.3, 0.4) is 0 Å². The van der Waals surface area contributed by atoms with Crippen LogP contribution in [0.5, 0.6) is 0 Å². The smallest absolute Gasteiger partial charge is 0.330 e. The number of methoxy groups -OCH3 is 1. The van der Waals surface area contributed by atoms with E-state index in [4.69, 9.17) is 27.6 Å². The Labute approximate surface area is 238 Å². The molecule has 0 fully saturated rings. The quantitative estimate of drug-likeness (QED) is 0.0339. The number of carbonyl (C=O) groups is 1. The SMILES string of the molecule is CCOC(=O)/C=C/[C@@H](N=[N+]=[N-])[C@H](OCOC)[C@H](OCc1ccccc1)[C@H](CO[Si](C)(C)C(C)(C)C)OS(C)(=O)=O. The average Bonchev–Trinajstić information content (AvgIpc) is 2.86. The summed E-state index contributed by atoms with van der Waals surface area (Å²) in [6.45, 7) is 11.7. The Morgan fingerprint density at radius 3 is 2.33 bits per heavy atom. The number of rotatable bonds is 18. The molecule has 1 rings (SSSR count). The molecule has 226 valence electrons. The van der Waals surface area contributed by atoms with Gasteiger partial charge in [-0.1, -0.05) is 62.3 Å². The van der Waals surface area contributed by atoms with E-state index in [9.17, 15) is 18.7 Å². The number of hydrogen-bond acceptors (Lipinski definition) is 10. The van der Waals surface area contributed by atoms with Crippen molar-refractivity contribution in [1.29, 1.82) is 0 Å². The summed E-state index contributed by atoms with van der Waals surface area (Å²) in [5, 5.41) is 3.63. The van der Waals surface area contributed by atoms with Gasteiger partial charge in [0.2, 0.25) is 0 Å². The number of carbonyl (C=O) groups excluding carboxylic acids is 1. The van der Waals surface area contributed by atoms with Crippen LogP contribution >= 0.6 is 0 Å². The largest absolute Gasteiger partial charge is 0.463 e. The molecule has 0 radical (unpaired) electrons. The van der Waals surface area contributed by atoms with E-state index in [0.717, 1.165) is 17.9 Å². The van der Waals surface area contributed by atoms with Crippen molar-refractivity contribution in [1.82, 2.24) is 0 Å². The minimum atomic E-state index is -4.01. The van der Waals surface area contributed by atoms with E-state index in [1.807, 2.05) is 43.4 Å². The van der Waals surface area contributed by atoms with Crippen molar-refractivity contribution in [2.24, 2.45) is 5.11 Å². The molecular formula is C26H43N3O9SSi. The normalized spacial score (nSPS) is 15.7. The van der Waals surface area contributed by atoms with Crippen molar-refractivity contribution in [3.63, 3.8) is 0 Å². The highest BCUT2D eigenvalue weighted by Crippen LogP contribution is 2.37. The Morgan fingerprint density at radius 2 is 1.80 bits per heavy atom. The summed E-state index contributed by atoms with van der Waals surface area (Å²) in [5.41, 5.74) is 10.1. The molecule has 0 aromatic heterocycles. The lowest BCUT2D eigenvalue weighted by Gasteiger charge is -2.39. The number of azide groups is 1. The highest BCUT2D eigenvalue weighted by Gasteiger charge is 2.42. The Hall–Kier alpha value is -2.29. The van der Waals surface area contributed by atoms with Gasteiger partial charge in [-0.05, 0) is 36.2 Å². The van der Waals surface area contributed by atoms with E-state index in [0.29, 0.717) is 0 Å². The lowest BCUT2D eigenvalue weighted by molar-refractivity contribution is -0.163. The van der Waals surface area contributed by atoms with Gasteiger partial charge in [-0.15, -0.1) is 0 Å². The van der Waals surface area contributed by atoms with Crippen LogP contribution in [-0.2, 0) is 49.1 Å². The molecule has 12 nitrogen and oxygen atoms in total. The third-order valence-corrected chi connectivity index (χ3v) is 11.4. The fraction of sp³-hybridized carbons (Fsp3) is 0.654. The first-order valence-electron chi connectivity index (χ1n) is 12.8. The molecule has 0 amide bonds. The van der Waals surface area contributed by atoms with Gasteiger partial charge in [0.25, 0.3) is 10.1 Å². The molecule has 0 bridgehead atoms. The number of hydrogen-bond donors (Lipinski definition) is 0. The molecule has 4 atom stereocenters. The Bertz CT molecular complexity index is 1090. The first-order valence-corrected chi connectivity index (χ1v) is 17.5. The minimum Gasteiger partial charge on any atom is -0.463 e. The Kier molecular flexibility index (Phi) is 15.0. The topological polar surface area (TPSA) is 155 Å². The summed E-state index contributed by atoms with van der Waals surface area (Å²) in [5.74, 6) is -0.655. The van der Waals surface area contributed by atoms with Crippen molar-refractivity contribution in [2.75, 3.05) is 33.4 Å². The lowest BCUT2D eigenvalue weighted by atomic mass is 10.0. The number of benzene rings is 1. The van der Waals surface area contributed by atoms with Gasteiger partial charge in [0.05, 0.1) is 32.1 Å². The van der Waals surface area contributed by atoms with Crippen LogP contribution in [-0.4, -0.2) is 80.4 Å². The molecule has 1 aromatic rings. The van der Waals surface area contributed by atoms with E-state index < -0.39 is 48.8 Å². The molecule has 0 aliphatic carbocycles. The van der Waals surface area contributed by atoms with E-state index in [1.165, 1.54) is 13.2 Å². The molecular weight excluding hydrogens is 558 g/mol. The van der Waals surface area contributed by atoms with Crippen molar-refractivity contribution in [3.8, 4) is 0 Å². The fourth-order valence-electron chi connectivity index (χ4n) is 3.26. The number of ether oxygens (including phenoxy) is 4. The second-order valence-electron chi connectivity index (χ2n) is 10.5. The molecule has 0 unspecified atom stereocenters. The highest BCUT2D eigenvalue weighted by molar-refractivity contribution is 7.86. The van der Waals surface area contributed by atoms with Gasteiger partial charge in [-0.2, -0.15) is 8.42 Å². The van der Waals surface area contributed by atoms with E-state index in [2.05, 4.69) is 30.8 Å². The monoisotopic (exact) mass is 601 g/mol. The maximum atomic E-state index is 12.4. The predicted octanol–water partition coefficient (Wildman–Crippen LogP) is 4.73. The number of nitrogens with zero attached hydrogens (tertiary/aromatic N) is 3. The molecule has 0 spiro atoms. The van der Waals surface area contributed by atoms with Crippen LogP contribution < -0.4 is 0 Å². The molecule has 0 saturated heterocycles. The van der Waals surface area contributed by atoms with Gasteiger partial charge in [-0.25, -0.2) is 4.79 Å². The summed E-state index contributed by atoms with van der Waals surface area (Å²) in [6, 6.07) is 8.07. The van der Waals surface area contributed by atoms with Crippen LogP contribution in [0.2, 0.25) is 18.1 Å². The van der Waals surface area contributed by atoms with E-state index in [1.54, 1.807) is 6.92 Å². The van der Waals surface area contributed by atoms with Gasteiger partial charge in [0, 0.05) is 18.1 Å². The van der Waals surface area contributed by atoms with Gasteiger partial charge < -0.3 is 23.4 Å². The highest BCUT2D eigenvalue weighted by atomic mass is 32.2. The summed E-state index contributed by atoms with van der Waals surface area (Å²) in [4.78, 5) is 14.9. The fourth-order valence-corrected chi connectivity index (χ4v) is 4.89.